The van der Waals surface area contributed by atoms with E-state index in [1.54, 1.807) is 4.90 Å². The van der Waals surface area contributed by atoms with Crippen molar-refractivity contribution in [3.63, 3.8) is 0 Å². The van der Waals surface area contributed by atoms with Gasteiger partial charge in [-0.25, -0.2) is 0 Å². The summed E-state index contributed by atoms with van der Waals surface area (Å²) >= 11 is 0. The molecule has 0 bridgehead atoms. The molecule has 0 saturated carbocycles. The standard InChI is InChI=1S/C26H36N2O3/c1-4-6-18-27-26(30)24(5-2)28(20-22-11-8-7-9-12-22)25(29)13-10-19-31-23-16-14-21(3)15-17-23/h7-9,11-12,14-17,24H,4-6,10,13,18-20H2,1-3H3,(H,27,30)/t24-/m0/s1. The first-order valence-corrected chi connectivity index (χ1v) is 11.4. The molecule has 0 saturated heterocycles. The molecule has 0 fully saturated rings. The molecule has 2 aromatic carbocycles. The van der Waals surface area contributed by atoms with E-state index in [-0.39, 0.29) is 11.8 Å². The van der Waals surface area contributed by atoms with Crippen molar-refractivity contribution in [2.75, 3.05) is 13.2 Å². The smallest absolute Gasteiger partial charge is 0.242 e. The minimum absolute atomic E-state index is 0.0196. The second kappa shape index (κ2) is 13.5. The Bertz CT molecular complexity index is 790. The van der Waals surface area contributed by atoms with Gasteiger partial charge in [0.05, 0.1) is 6.61 Å². The van der Waals surface area contributed by atoms with Gasteiger partial charge in [0.15, 0.2) is 0 Å². The molecule has 0 aromatic heterocycles. The quantitative estimate of drug-likeness (QED) is 0.466. The van der Waals surface area contributed by atoms with Crippen LogP contribution in [-0.4, -0.2) is 35.9 Å². The molecule has 0 unspecified atom stereocenters. The Hall–Kier alpha value is -2.82. The first-order valence-electron chi connectivity index (χ1n) is 11.4. The lowest BCUT2D eigenvalue weighted by Crippen LogP contribution is -2.49. The summed E-state index contributed by atoms with van der Waals surface area (Å²) < 4.78 is 5.76. The Morgan fingerprint density at radius 3 is 2.35 bits per heavy atom. The lowest BCUT2D eigenvalue weighted by molar-refractivity contribution is -0.141. The van der Waals surface area contributed by atoms with Crippen molar-refractivity contribution in [2.24, 2.45) is 0 Å². The number of ether oxygens (including phenoxy) is 1. The highest BCUT2D eigenvalue weighted by Crippen LogP contribution is 2.16. The molecule has 31 heavy (non-hydrogen) atoms. The van der Waals surface area contributed by atoms with Crippen molar-refractivity contribution in [3.05, 3.63) is 65.7 Å². The first-order chi connectivity index (χ1) is 15.0. The number of benzene rings is 2. The van der Waals surface area contributed by atoms with Crippen molar-refractivity contribution in [1.29, 1.82) is 0 Å². The lowest BCUT2D eigenvalue weighted by atomic mass is 10.1. The van der Waals surface area contributed by atoms with Gasteiger partial charge in [0.1, 0.15) is 11.8 Å². The van der Waals surface area contributed by atoms with Crippen LogP contribution in [0.5, 0.6) is 5.75 Å². The number of amides is 2. The molecular weight excluding hydrogens is 388 g/mol. The fourth-order valence-corrected chi connectivity index (χ4v) is 3.40. The van der Waals surface area contributed by atoms with Crippen LogP contribution in [0.3, 0.4) is 0 Å². The molecule has 0 heterocycles. The third kappa shape index (κ3) is 8.44. The molecule has 0 radical (unpaired) electrons. The lowest BCUT2D eigenvalue weighted by Gasteiger charge is -2.30. The topological polar surface area (TPSA) is 58.6 Å². The predicted molar refractivity (Wildman–Crippen MR) is 125 cm³/mol. The highest BCUT2D eigenvalue weighted by Gasteiger charge is 2.28. The largest absolute Gasteiger partial charge is 0.494 e. The zero-order valence-corrected chi connectivity index (χ0v) is 19.1. The summed E-state index contributed by atoms with van der Waals surface area (Å²) in [5, 5.41) is 2.99. The van der Waals surface area contributed by atoms with Gasteiger partial charge in [-0.2, -0.15) is 0 Å². The average Bonchev–Trinajstić information content (AvgIpc) is 2.78. The number of carbonyl (C=O) groups is 2. The summed E-state index contributed by atoms with van der Waals surface area (Å²) in [7, 11) is 0. The average molecular weight is 425 g/mol. The van der Waals surface area contributed by atoms with Crippen LogP contribution in [-0.2, 0) is 16.1 Å². The minimum atomic E-state index is -0.470. The number of nitrogens with one attached hydrogen (secondary N) is 1. The molecule has 2 amide bonds. The van der Waals surface area contributed by atoms with Crippen LogP contribution in [0.1, 0.15) is 57.1 Å². The molecule has 0 aliphatic carbocycles. The van der Waals surface area contributed by atoms with Gasteiger partial charge < -0.3 is 15.0 Å². The molecule has 1 N–H and O–H groups in total. The number of nitrogens with zero attached hydrogens (tertiary/aromatic N) is 1. The van der Waals surface area contributed by atoms with Crippen molar-refractivity contribution in [3.8, 4) is 5.75 Å². The van der Waals surface area contributed by atoms with E-state index in [4.69, 9.17) is 4.74 Å². The third-order valence-corrected chi connectivity index (χ3v) is 5.24. The maximum Gasteiger partial charge on any atom is 0.242 e. The van der Waals surface area contributed by atoms with E-state index in [0.29, 0.717) is 39.0 Å². The Kier molecular flexibility index (Phi) is 10.6. The first kappa shape index (κ1) is 24.4. The van der Waals surface area contributed by atoms with Gasteiger partial charge in [0.2, 0.25) is 11.8 Å². The van der Waals surface area contributed by atoms with Gasteiger partial charge >= 0.3 is 0 Å². The molecule has 2 rings (SSSR count). The summed E-state index contributed by atoms with van der Waals surface area (Å²) in [6.45, 7) is 7.62. The highest BCUT2D eigenvalue weighted by atomic mass is 16.5. The normalized spacial score (nSPS) is 11.6. The number of carbonyl (C=O) groups excluding carboxylic acids is 2. The zero-order chi connectivity index (χ0) is 22.5. The van der Waals surface area contributed by atoms with E-state index in [2.05, 4.69) is 12.2 Å². The summed E-state index contributed by atoms with van der Waals surface area (Å²) in [4.78, 5) is 27.7. The maximum absolute atomic E-state index is 13.1. The van der Waals surface area contributed by atoms with Gasteiger partial charge in [-0.05, 0) is 43.9 Å². The van der Waals surface area contributed by atoms with Gasteiger partial charge in [-0.15, -0.1) is 0 Å². The number of aryl methyl sites for hydroxylation is 1. The molecule has 0 aliphatic rings. The monoisotopic (exact) mass is 424 g/mol. The van der Waals surface area contributed by atoms with Gasteiger partial charge in [0, 0.05) is 19.5 Å². The molecule has 168 valence electrons. The van der Waals surface area contributed by atoms with Gasteiger partial charge in [-0.1, -0.05) is 68.3 Å². The number of hydrogen-bond acceptors (Lipinski definition) is 3. The fourth-order valence-electron chi connectivity index (χ4n) is 3.40. The van der Waals surface area contributed by atoms with Gasteiger partial charge in [-0.3, -0.25) is 9.59 Å². The molecule has 5 nitrogen and oxygen atoms in total. The number of unbranched alkanes of at least 4 members (excludes halogenated alkanes) is 1. The highest BCUT2D eigenvalue weighted by molar-refractivity contribution is 5.87. The van der Waals surface area contributed by atoms with Crippen molar-refractivity contribution in [1.82, 2.24) is 10.2 Å². The van der Waals surface area contributed by atoms with E-state index in [0.717, 1.165) is 24.2 Å². The molecule has 0 spiro atoms. The Balaban J connectivity index is 1.99. The zero-order valence-electron chi connectivity index (χ0n) is 19.1. The maximum atomic E-state index is 13.1. The van der Waals surface area contributed by atoms with E-state index in [9.17, 15) is 9.59 Å². The van der Waals surface area contributed by atoms with E-state index < -0.39 is 6.04 Å². The summed E-state index contributed by atoms with van der Waals surface area (Å²) in [5.41, 5.74) is 2.20. The van der Waals surface area contributed by atoms with Crippen molar-refractivity contribution in [2.45, 2.75) is 65.5 Å². The van der Waals surface area contributed by atoms with Crippen LogP contribution in [0.25, 0.3) is 0 Å². The van der Waals surface area contributed by atoms with E-state index >= 15 is 0 Å². The van der Waals surface area contributed by atoms with Crippen LogP contribution >= 0.6 is 0 Å². The second-order valence-electron chi connectivity index (χ2n) is 7.84. The van der Waals surface area contributed by atoms with Crippen LogP contribution in [0.4, 0.5) is 0 Å². The Morgan fingerprint density at radius 2 is 1.71 bits per heavy atom. The van der Waals surface area contributed by atoms with Crippen LogP contribution in [0.15, 0.2) is 54.6 Å². The Labute approximate surface area is 186 Å². The van der Waals surface area contributed by atoms with E-state index in [1.807, 2.05) is 68.4 Å². The second-order valence-corrected chi connectivity index (χ2v) is 7.84. The van der Waals surface area contributed by atoms with Crippen LogP contribution < -0.4 is 10.1 Å². The summed E-state index contributed by atoms with van der Waals surface area (Å²) in [6.07, 6.45) is 3.48. The third-order valence-electron chi connectivity index (χ3n) is 5.24. The predicted octanol–water partition coefficient (Wildman–Crippen LogP) is 4.88. The van der Waals surface area contributed by atoms with Crippen LogP contribution in [0.2, 0.25) is 0 Å². The SMILES string of the molecule is CCCCNC(=O)[C@H](CC)N(Cc1ccccc1)C(=O)CCCOc1ccc(C)cc1. The number of hydrogen-bond donors (Lipinski definition) is 1. The molecule has 0 aliphatic heterocycles. The summed E-state index contributed by atoms with van der Waals surface area (Å²) in [6, 6.07) is 17.3. The Morgan fingerprint density at radius 1 is 1.00 bits per heavy atom. The number of rotatable bonds is 13. The van der Waals surface area contributed by atoms with Gasteiger partial charge in [0.25, 0.3) is 0 Å². The fraction of sp³-hybridized carbons (Fsp3) is 0.462. The molecule has 5 heteroatoms. The molecule has 1 atom stereocenters. The van der Waals surface area contributed by atoms with E-state index in [1.165, 1.54) is 5.56 Å². The minimum Gasteiger partial charge on any atom is -0.494 e. The molecule has 2 aromatic rings. The summed E-state index contributed by atoms with van der Waals surface area (Å²) in [5.74, 6) is 0.714. The van der Waals surface area contributed by atoms with Crippen molar-refractivity contribution >= 4 is 11.8 Å². The molecular formula is C26H36N2O3. The van der Waals surface area contributed by atoms with Crippen LogP contribution in [0, 0.1) is 6.92 Å². The van der Waals surface area contributed by atoms with Crippen molar-refractivity contribution < 1.29 is 14.3 Å².